The van der Waals surface area contributed by atoms with Crippen molar-refractivity contribution in [3.8, 4) is 0 Å². The lowest BCUT2D eigenvalue weighted by atomic mass is 9.91. The van der Waals surface area contributed by atoms with Gasteiger partial charge in [-0.15, -0.1) is 11.3 Å². The zero-order chi connectivity index (χ0) is 23.0. The van der Waals surface area contributed by atoms with Gasteiger partial charge in [0, 0.05) is 18.1 Å². The van der Waals surface area contributed by atoms with Crippen molar-refractivity contribution in [1.29, 1.82) is 0 Å². The maximum absolute atomic E-state index is 13.8. The van der Waals surface area contributed by atoms with Crippen LogP contribution >= 0.6 is 11.3 Å². The minimum atomic E-state index is -3.55. The topological polar surface area (TPSA) is 101 Å². The lowest BCUT2D eigenvalue weighted by Crippen LogP contribution is -2.41. The molecule has 0 spiro atoms. The van der Waals surface area contributed by atoms with E-state index in [2.05, 4.69) is 9.71 Å². The molecule has 4 rings (SSSR count). The molecule has 3 heterocycles. The molecule has 2 aliphatic rings. The fourth-order valence-electron chi connectivity index (χ4n) is 4.13. The van der Waals surface area contributed by atoms with E-state index in [0.717, 1.165) is 6.26 Å². The molecule has 0 radical (unpaired) electrons. The van der Waals surface area contributed by atoms with Gasteiger partial charge in [-0.05, 0) is 43.5 Å². The molecular weight excluding hydrogens is 455 g/mol. The molecule has 1 aromatic carbocycles. The fraction of sp³-hybridized carbons (Fsp3) is 0.381. The summed E-state index contributed by atoms with van der Waals surface area (Å²) in [6.45, 7) is 4.06. The van der Waals surface area contributed by atoms with E-state index in [1.165, 1.54) is 23.5 Å². The Morgan fingerprint density at radius 2 is 2.19 bits per heavy atom. The summed E-state index contributed by atoms with van der Waals surface area (Å²) in [4.78, 5) is 24.3. The number of carbonyl (C=O) groups excluding carboxylic acids is 1. The Kier molecular flexibility index (Phi) is 6.15. The normalized spacial score (nSPS) is 20.9. The van der Waals surface area contributed by atoms with Crippen LogP contribution in [-0.4, -0.2) is 55.6 Å². The first-order valence-electron chi connectivity index (χ1n) is 10.1. The number of nitrogens with zero attached hydrogens (tertiary/aromatic N) is 3. The molecule has 170 valence electrons. The van der Waals surface area contributed by atoms with Gasteiger partial charge in [-0.25, -0.2) is 27.3 Å². The number of aliphatic imine (C=N–C) groups is 1. The van der Waals surface area contributed by atoms with E-state index in [9.17, 15) is 17.6 Å². The van der Waals surface area contributed by atoms with Crippen molar-refractivity contribution in [2.24, 2.45) is 4.99 Å². The fourth-order valence-corrected chi connectivity index (χ4v) is 5.51. The number of sulfonamides is 1. The molecule has 8 nitrogen and oxygen atoms in total. The summed E-state index contributed by atoms with van der Waals surface area (Å²) in [6, 6.07) is 2.89. The number of amidine groups is 1. The number of thiazole rings is 1. The lowest BCUT2D eigenvalue weighted by molar-refractivity contribution is -0.139. The molecule has 2 atom stereocenters. The number of nitrogens with one attached hydrogen (secondary N) is 1. The van der Waals surface area contributed by atoms with E-state index in [4.69, 9.17) is 9.73 Å². The third-order valence-electron chi connectivity index (χ3n) is 5.32. The summed E-state index contributed by atoms with van der Waals surface area (Å²) >= 11 is 1.40. The van der Waals surface area contributed by atoms with Gasteiger partial charge >= 0.3 is 5.97 Å². The molecule has 0 amide bonds. The number of benzene rings is 1. The quantitative estimate of drug-likeness (QED) is 0.641. The number of ether oxygens (including phenoxy) is 1. The number of hydrogen-bond acceptors (Lipinski definition) is 8. The smallest absolute Gasteiger partial charge is 0.338 e. The molecule has 1 saturated heterocycles. The van der Waals surface area contributed by atoms with Gasteiger partial charge < -0.3 is 9.64 Å². The molecule has 11 heteroatoms. The molecule has 0 aliphatic carbocycles. The third-order valence-corrected chi connectivity index (χ3v) is 6.80. The van der Waals surface area contributed by atoms with Gasteiger partial charge in [-0.1, -0.05) is 6.07 Å². The zero-order valence-electron chi connectivity index (χ0n) is 17.8. The second kappa shape index (κ2) is 8.72. The SMILES string of the molecule is CCOC(=O)C1=C2[C@H](NS(C)(=O)=O)CCN2C(c2nccs2)=N[C@H]1c1ccc(F)cc1C. The van der Waals surface area contributed by atoms with Crippen molar-refractivity contribution in [1.82, 2.24) is 14.6 Å². The minimum Gasteiger partial charge on any atom is -0.463 e. The van der Waals surface area contributed by atoms with Crippen molar-refractivity contribution in [3.63, 3.8) is 0 Å². The largest absolute Gasteiger partial charge is 0.463 e. The number of carbonyl (C=O) groups is 1. The Balaban J connectivity index is 1.95. The second-order valence-corrected chi connectivity index (χ2v) is 10.3. The first-order chi connectivity index (χ1) is 15.2. The molecule has 1 fully saturated rings. The van der Waals surface area contributed by atoms with Crippen LogP contribution < -0.4 is 4.72 Å². The van der Waals surface area contributed by atoms with Crippen LogP contribution in [0.1, 0.15) is 35.5 Å². The van der Waals surface area contributed by atoms with E-state index >= 15 is 0 Å². The summed E-state index contributed by atoms with van der Waals surface area (Å²) in [5.74, 6) is -0.421. The number of aromatic nitrogens is 1. The van der Waals surface area contributed by atoms with Gasteiger partial charge in [0.1, 0.15) is 11.9 Å². The molecule has 1 aromatic heterocycles. The van der Waals surface area contributed by atoms with Gasteiger partial charge in [-0.3, -0.25) is 4.99 Å². The Hall–Kier alpha value is -2.63. The number of rotatable bonds is 6. The van der Waals surface area contributed by atoms with E-state index in [1.807, 2.05) is 10.3 Å². The van der Waals surface area contributed by atoms with Gasteiger partial charge in [0.25, 0.3) is 0 Å². The molecule has 0 bridgehead atoms. The molecule has 2 aromatic rings. The van der Waals surface area contributed by atoms with Gasteiger partial charge in [-0.2, -0.15) is 0 Å². The van der Waals surface area contributed by atoms with E-state index in [1.54, 1.807) is 26.1 Å². The highest BCUT2D eigenvalue weighted by atomic mass is 32.2. The highest BCUT2D eigenvalue weighted by Crippen LogP contribution is 2.41. The zero-order valence-corrected chi connectivity index (χ0v) is 19.5. The van der Waals surface area contributed by atoms with Crippen molar-refractivity contribution < 1.29 is 22.3 Å². The highest BCUT2D eigenvalue weighted by molar-refractivity contribution is 7.88. The average molecular weight is 479 g/mol. The number of esters is 1. The monoisotopic (exact) mass is 478 g/mol. The Labute approximate surface area is 189 Å². The maximum atomic E-state index is 13.8. The lowest BCUT2D eigenvalue weighted by Gasteiger charge is -2.33. The molecule has 32 heavy (non-hydrogen) atoms. The third kappa shape index (κ3) is 4.32. The summed E-state index contributed by atoms with van der Waals surface area (Å²) in [6.07, 6.45) is 3.19. The van der Waals surface area contributed by atoms with Crippen molar-refractivity contribution in [3.05, 3.63) is 63.0 Å². The Morgan fingerprint density at radius 3 is 2.81 bits per heavy atom. The number of fused-ring (bicyclic) bond motifs is 1. The molecule has 0 unspecified atom stereocenters. The number of aryl methyl sites for hydroxylation is 1. The predicted octanol–water partition coefficient (Wildman–Crippen LogP) is 2.53. The first-order valence-corrected chi connectivity index (χ1v) is 12.9. The summed E-state index contributed by atoms with van der Waals surface area (Å²) in [5.41, 5.74) is 2.02. The number of hydrogen-bond donors (Lipinski definition) is 1. The minimum absolute atomic E-state index is 0.151. The van der Waals surface area contributed by atoms with Crippen LogP contribution in [0.25, 0.3) is 0 Å². The molecule has 2 aliphatic heterocycles. The van der Waals surface area contributed by atoms with Crippen LogP contribution in [0.5, 0.6) is 0 Å². The van der Waals surface area contributed by atoms with Crippen LogP contribution in [0.15, 0.2) is 46.0 Å². The molecule has 1 N–H and O–H groups in total. The van der Waals surface area contributed by atoms with Crippen LogP contribution in [0.2, 0.25) is 0 Å². The summed E-state index contributed by atoms with van der Waals surface area (Å²) in [7, 11) is -3.55. The van der Waals surface area contributed by atoms with Crippen LogP contribution in [0.4, 0.5) is 4.39 Å². The van der Waals surface area contributed by atoms with Crippen molar-refractivity contribution >= 4 is 33.2 Å². The second-order valence-electron chi connectivity index (χ2n) is 7.60. The predicted molar refractivity (Wildman–Crippen MR) is 119 cm³/mol. The molecule has 0 saturated carbocycles. The average Bonchev–Trinajstić information content (AvgIpc) is 3.37. The Bertz CT molecular complexity index is 1210. The van der Waals surface area contributed by atoms with Crippen LogP contribution in [0.3, 0.4) is 0 Å². The highest BCUT2D eigenvalue weighted by Gasteiger charge is 2.44. The van der Waals surface area contributed by atoms with Crippen LogP contribution in [0, 0.1) is 12.7 Å². The summed E-state index contributed by atoms with van der Waals surface area (Å²) < 4.78 is 45.9. The van der Waals surface area contributed by atoms with Gasteiger partial charge in [0.05, 0.1) is 30.2 Å². The van der Waals surface area contributed by atoms with Crippen LogP contribution in [-0.2, 0) is 19.6 Å². The molecular formula is C21H23FN4O4S2. The Morgan fingerprint density at radius 1 is 1.41 bits per heavy atom. The standard InChI is InChI=1S/C21H23FN4O4S2/c1-4-30-21(27)16-17(14-6-5-13(22)11-12(14)2)24-19(20-23-8-10-31-20)26-9-7-15(18(16)26)25-32(3,28)29/h5-6,8,10-11,15,17,25H,4,7,9H2,1-3H3/t15-,17+/m1/s1. The van der Waals surface area contributed by atoms with Gasteiger partial charge in [0.2, 0.25) is 10.0 Å². The number of halogens is 1. The van der Waals surface area contributed by atoms with Crippen molar-refractivity contribution in [2.75, 3.05) is 19.4 Å². The maximum Gasteiger partial charge on any atom is 0.338 e. The van der Waals surface area contributed by atoms with E-state index in [0.29, 0.717) is 40.6 Å². The first kappa shape index (κ1) is 22.6. The summed E-state index contributed by atoms with van der Waals surface area (Å²) in [5, 5.41) is 2.47. The van der Waals surface area contributed by atoms with Crippen molar-refractivity contribution in [2.45, 2.75) is 32.4 Å². The van der Waals surface area contributed by atoms with E-state index in [-0.39, 0.29) is 12.2 Å². The van der Waals surface area contributed by atoms with Gasteiger partial charge in [0.15, 0.2) is 10.8 Å². The van der Waals surface area contributed by atoms with E-state index < -0.39 is 33.9 Å².